The maximum absolute atomic E-state index is 13.1. The van der Waals surface area contributed by atoms with Crippen molar-refractivity contribution in [2.24, 2.45) is 0 Å². The molecular weight excluding hydrogens is 620 g/mol. The monoisotopic (exact) mass is 668 g/mol. The summed E-state index contributed by atoms with van der Waals surface area (Å²) in [5.41, 5.74) is 0.550. The molecule has 0 atom stereocenters. The molecule has 1 aliphatic rings. The molecule has 254 valence electrons. The fourth-order valence-electron chi connectivity index (χ4n) is 4.81. The SMILES string of the molecule is CC/C=C\C/C=C\C/C=C\C/C=C\C/C=C\CCCC(=O)N1CC=C(NC(=O)C(C)(C)Oc2ccc(C(=O)c3ccc(Cl)cc3)cc2)C1. The normalized spacial score (nSPS) is 13.8. The van der Waals surface area contributed by atoms with Gasteiger partial charge in [-0.05, 0) is 113 Å². The van der Waals surface area contributed by atoms with Gasteiger partial charge in [0.25, 0.3) is 5.91 Å². The molecule has 0 bridgehead atoms. The second-order valence-corrected chi connectivity index (χ2v) is 12.5. The summed E-state index contributed by atoms with van der Waals surface area (Å²) < 4.78 is 5.98. The topological polar surface area (TPSA) is 75.7 Å². The lowest BCUT2D eigenvalue weighted by molar-refractivity contribution is -0.134. The molecule has 48 heavy (non-hydrogen) atoms. The molecule has 0 unspecified atom stereocenters. The highest BCUT2D eigenvalue weighted by Crippen LogP contribution is 2.22. The summed E-state index contributed by atoms with van der Waals surface area (Å²) >= 11 is 5.92. The Hall–Kier alpha value is -4.42. The van der Waals surface area contributed by atoms with Gasteiger partial charge in [0.2, 0.25) is 5.91 Å². The third-order valence-electron chi connectivity index (χ3n) is 7.61. The predicted molar refractivity (Wildman–Crippen MR) is 197 cm³/mol. The molecule has 0 spiro atoms. The quantitative estimate of drug-likeness (QED) is 0.0919. The van der Waals surface area contributed by atoms with Crippen molar-refractivity contribution in [1.82, 2.24) is 10.2 Å². The molecule has 0 fully saturated rings. The number of nitrogens with zero attached hydrogens (tertiary/aromatic N) is 1. The maximum Gasteiger partial charge on any atom is 0.267 e. The standard InChI is InChI=1S/C41H49ClN2O4/c1-4-5-6-7-8-9-10-11-12-13-14-15-16-17-18-19-20-21-38(45)44-31-30-36(32-44)43-40(47)41(2,3)48-37-28-24-34(25-29-37)39(46)33-22-26-35(42)27-23-33/h5-6,8-9,11-12,14-15,17-18,22-30H,4,7,10,13,16,19-21,31-32H2,1-3H3,(H,43,47)/b6-5-,9-8-,12-11-,15-14-,18-17-. The second kappa shape index (κ2) is 20.7. The number of hydrogen-bond donors (Lipinski definition) is 1. The minimum absolute atomic E-state index is 0.0756. The smallest absolute Gasteiger partial charge is 0.267 e. The molecule has 0 radical (unpaired) electrons. The van der Waals surface area contributed by atoms with Crippen LogP contribution in [0.3, 0.4) is 0 Å². The summed E-state index contributed by atoms with van der Waals surface area (Å²) in [5.74, 6) is 0.0959. The van der Waals surface area contributed by atoms with Crippen molar-refractivity contribution in [2.75, 3.05) is 13.1 Å². The van der Waals surface area contributed by atoms with Crippen molar-refractivity contribution in [3.05, 3.63) is 137 Å². The molecule has 1 aliphatic heterocycles. The van der Waals surface area contributed by atoms with E-state index in [4.69, 9.17) is 16.3 Å². The van der Waals surface area contributed by atoms with E-state index in [1.807, 2.05) is 6.08 Å². The largest absolute Gasteiger partial charge is 0.478 e. The highest BCUT2D eigenvalue weighted by atomic mass is 35.5. The van der Waals surface area contributed by atoms with Gasteiger partial charge in [0.1, 0.15) is 5.75 Å². The van der Waals surface area contributed by atoms with Crippen LogP contribution in [0.15, 0.2) is 121 Å². The number of benzene rings is 2. The van der Waals surface area contributed by atoms with Gasteiger partial charge in [0.05, 0.1) is 6.54 Å². The van der Waals surface area contributed by atoms with Gasteiger partial charge in [-0.3, -0.25) is 14.4 Å². The summed E-state index contributed by atoms with van der Waals surface area (Å²) in [7, 11) is 0. The van der Waals surface area contributed by atoms with Gasteiger partial charge in [-0.1, -0.05) is 79.3 Å². The van der Waals surface area contributed by atoms with Crippen molar-refractivity contribution in [3.8, 4) is 5.75 Å². The molecule has 3 rings (SSSR count). The van der Waals surface area contributed by atoms with E-state index in [1.54, 1.807) is 67.3 Å². The number of allylic oxidation sites excluding steroid dienone is 10. The average Bonchev–Trinajstić information content (AvgIpc) is 3.55. The first kappa shape index (κ1) is 38.0. The van der Waals surface area contributed by atoms with Crippen LogP contribution in [0, 0.1) is 0 Å². The Morgan fingerprint density at radius 2 is 1.31 bits per heavy atom. The van der Waals surface area contributed by atoms with Crippen molar-refractivity contribution in [1.29, 1.82) is 0 Å². The van der Waals surface area contributed by atoms with Crippen LogP contribution in [-0.2, 0) is 9.59 Å². The number of halogens is 1. The van der Waals surface area contributed by atoms with Crippen molar-refractivity contribution >= 4 is 29.2 Å². The van der Waals surface area contributed by atoms with Crippen LogP contribution < -0.4 is 10.1 Å². The van der Waals surface area contributed by atoms with Gasteiger partial charge in [0.15, 0.2) is 11.4 Å². The lowest BCUT2D eigenvalue weighted by Crippen LogP contribution is -2.46. The van der Waals surface area contributed by atoms with Crippen LogP contribution in [0.4, 0.5) is 0 Å². The predicted octanol–water partition coefficient (Wildman–Crippen LogP) is 9.49. The molecule has 0 saturated carbocycles. The fraction of sp³-hybridized carbons (Fsp3) is 0.341. The second-order valence-electron chi connectivity index (χ2n) is 12.0. The van der Waals surface area contributed by atoms with Gasteiger partial charge in [0, 0.05) is 34.8 Å². The zero-order chi connectivity index (χ0) is 34.6. The van der Waals surface area contributed by atoms with Crippen LogP contribution in [0.5, 0.6) is 5.75 Å². The first-order valence-corrected chi connectivity index (χ1v) is 17.2. The zero-order valence-corrected chi connectivity index (χ0v) is 29.3. The number of carbonyl (C=O) groups is 3. The first-order chi connectivity index (χ1) is 23.2. The van der Waals surface area contributed by atoms with Crippen LogP contribution in [0.2, 0.25) is 5.02 Å². The molecular formula is C41H49ClN2O4. The van der Waals surface area contributed by atoms with E-state index >= 15 is 0 Å². The third-order valence-corrected chi connectivity index (χ3v) is 7.86. The molecule has 0 saturated heterocycles. The number of hydrogen-bond acceptors (Lipinski definition) is 4. The molecule has 2 amide bonds. The van der Waals surface area contributed by atoms with E-state index in [2.05, 4.69) is 73.0 Å². The summed E-state index contributed by atoms with van der Waals surface area (Å²) in [5, 5.41) is 3.48. The van der Waals surface area contributed by atoms with Crippen LogP contribution in [0.1, 0.15) is 88.1 Å². The molecule has 0 aromatic heterocycles. The Balaban J connectivity index is 1.30. The summed E-state index contributed by atoms with van der Waals surface area (Å²) in [4.78, 5) is 40.3. The number of ketones is 1. The number of nitrogens with one attached hydrogen (secondary N) is 1. The van der Waals surface area contributed by atoms with E-state index in [0.717, 1.165) is 44.9 Å². The number of carbonyl (C=O) groups excluding carboxylic acids is 3. The number of rotatable bonds is 19. The fourth-order valence-corrected chi connectivity index (χ4v) is 4.94. The van der Waals surface area contributed by atoms with Crippen LogP contribution >= 0.6 is 11.6 Å². The Morgan fingerprint density at radius 1 is 0.792 bits per heavy atom. The summed E-state index contributed by atoms with van der Waals surface area (Å²) in [6.45, 7) is 6.35. The van der Waals surface area contributed by atoms with Crippen molar-refractivity contribution < 1.29 is 19.1 Å². The zero-order valence-electron chi connectivity index (χ0n) is 28.5. The molecule has 7 heteroatoms. The molecule has 2 aromatic carbocycles. The van der Waals surface area contributed by atoms with Crippen LogP contribution in [-0.4, -0.2) is 41.2 Å². The lowest BCUT2D eigenvalue weighted by atomic mass is 10.0. The molecule has 1 N–H and O–H groups in total. The van der Waals surface area contributed by atoms with E-state index in [9.17, 15) is 14.4 Å². The lowest BCUT2D eigenvalue weighted by Gasteiger charge is -2.26. The summed E-state index contributed by atoms with van der Waals surface area (Å²) in [6.07, 6.45) is 30.6. The first-order valence-electron chi connectivity index (χ1n) is 16.8. The third kappa shape index (κ3) is 13.7. The minimum Gasteiger partial charge on any atom is -0.478 e. The summed E-state index contributed by atoms with van der Waals surface area (Å²) in [6, 6.07) is 13.4. The van der Waals surface area contributed by atoms with Gasteiger partial charge >= 0.3 is 0 Å². The van der Waals surface area contributed by atoms with Crippen molar-refractivity contribution in [2.45, 2.75) is 77.7 Å². The maximum atomic E-state index is 13.1. The van der Waals surface area contributed by atoms with Gasteiger partial charge < -0.3 is 15.0 Å². The van der Waals surface area contributed by atoms with E-state index in [-0.39, 0.29) is 17.6 Å². The molecule has 2 aromatic rings. The van der Waals surface area contributed by atoms with E-state index in [1.165, 1.54) is 0 Å². The van der Waals surface area contributed by atoms with Gasteiger partial charge in [-0.25, -0.2) is 0 Å². The Morgan fingerprint density at radius 3 is 1.88 bits per heavy atom. The minimum atomic E-state index is -1.18. The molecule has 0 aliphatic carbocycles. The van der Waals surface area contributed by atoms with Gasteiger partial charge in [-0.15, -0.1) is 0 Å². The Bertz CT molecular complexity index is 1510. The van der Waals surface area contributed by atoms with E-state index < -0.39 is 5.60 Å². The average molecular weight is 669 g/mol. The number of amides is 2. The van der Waals surface area contributed by atoms with E-state index in [0.29, 0.717) is 47.1 Å². The number of unbranched alkanes of at least 4 members (excludes halogenated alkanes) is 1. The molecule has 1 heterocycles. The Kier molecular flexibility index (Phi) is 16.4. The van der Waals surface area contributed by atoms with Gasteiger partial charge in [-0.2, -0.15) is 0 Å². The highest BCUT2D eigenvalue weighted by Gasteiger charge is 2.32. The Labute approximate surface area is 291 Å². The van der Waals surface area contributed by atoms with Crippen molar-refractivity contribution in [3.63, 3.8) is 0 Å². The molecule has 6 nitrogen and oxygen atoms in total. The highest BCUT2D eigenvalue weighted by molar-refractivity contribution is 6.30. The number of ether oxygens (including phenoxy) is 1. The van der Waals surface area contributed by atoms with Crippen LogP contribution in [0.25, 0.3) is 0 Å².